The van der Waals surface area contributed by atoms with Gasteiger partial charge in [0.1, 0.15) is 0 Å². The molecule has 0 spiro atoms. The highest BCUT2D eigenvalue weighted by atomic mass is 16.2. The predicted molar refractivity (Wildman–Crippen MR) is 95.6 cm³/mol. The van der Waals surface area contributed by atoms with Gasteiger partial charge in [-0.3, -0.25) is 9.59 Å². The standard InChI is InChI=1S/C18H20N6O2/c25-17(21-6-10-23-8-4-19-13-23)15-2-1-3-16(12-15)18(26)22-7-11-24-9-5-20-14-24/h1-5,8-9,12-14H,6-7,10-11H2,(H,21,25)(H,22,26). The fraction of sp³-hybridized carbons (Fsp3) is 0.222. The Kier molecular flexibility index (Phi) is 5.76. The van der Waals surface area contributed by atoms with Crippen LogP contribution in [0.25, 0.3) is 0 Å². The van der Waals surface area contributed by atoms with Crippen molar-refractivity contribution >= 4 is 11.8 Å². The summed E-state index contributed by atoms with van der Waals surface area (Å²) >= 11 is 0. The van der Waals surface area contributed by atoms with Crippen molar-refractivity contribution in [1.82, 2.24) is 29.7 Å². The molecule has 8 heteroatoms. The monoisotopic (exact) mass is 352 g/mol. The molecular weight excluding hydrogens is 332 g/mol. The largest absolute Gasteiger partial charge is 0.350 e. The van der Waals surface area contributed by atoms with E-state index in [1.807, 2.05) is 21.5 Å². The summed E-state index contributed by atoms with van der Waals surface area (Å²) in [6.45, 7) is 2.24. The molecule has 1 aromatic carbocycles. The first-order valence-electron chi connectivity index (χ1n) is 8.30. The van der Waals surface area contributed by atoms with E-state index >= 15 is 0 Å². The minimum absolute atomic E-state index is 0.210. The second kappa shape index (κ2) is 8.61. The maximum Gasteiger partial charge on any atom is 0.251 e. The van der Waals surface area contributed by atoms with E-state index in [1.54, 1.807) is 49.3 Å². The van der Waals surface area contributed by atoms with Gasteiger partial charge in [-0.15, -0.1) is 0 Å². The third-order valence-corrected chi connectivity index (χ3v) is 3.82. The zero-order valence-corrected chi connectivity index (χ0v) is 14.2. The molecule has 0 atom stereocenters. The Morgan fingerprint density at radius 3 is 1.77 bits per heavy atom. The van der Waals surface area contributed by atoms with Gasteiger partial charge in [-0.25, -0.2) is 9.97 Å². The highest BCUT2D eigenvalue weighted by Gasteiger charge is 2.10. The molecule has 2 amide bonds. The van der Waals surface area contributed by atoms with Gasteiger partial charge in [0.05, 0.1) is 12.7 Å². The van der Waals surface area contributed by atoms with Crippen molar-refractivity contribution in [3.63, 3.8) is 0 Å². The van der Waals surface area contributed by atoms with E-state index in [-0.39, 0.29) is 11.8 Å². The Hall–Kier alpha value is -3.42. The molecule has 0 aliphatic carbocycles. The first-order valence-corrected chi connectivity index (χ1v) is 8.30. The zero-order chi connectivity index (χ0) is 18.2. The van der Waals surface area contributed by atoms with Gasteiger partial charge in [-0.1, -0.05) is 6.07 Å². The van der Waals surface area contributed by atoms with E-state index in [4.69, 9.17) is 0 Å². The Balaban J connectivity index is 1.49. The normalized spacial score (nSPS) is 10.5. The van der Waals surface area contributed by atoms with Crippen LogP contribution in [0.1, 0.15) is 20.7 Å². The van der Waals surface area contributed by atoms with Crippen molar-refractivity contribution in [1.29, 1.82) is 0 Å². The van der Waals surface area contributed by atoms with Crippen LogP contribution in [0.5, 0.6) is 0 Å². The van der Waals surface area contributed by atoms with Gasteiger partial charge in [-0.05, 0) is 18.2 Å². The first-order chi connectivity index (χ1) is 12.7. The molecule has 3 aromatic rings. The Bertz CT molecular complexity index is 775. The Morgan fingerprint density at radius 1 is 0.846 bits per heavy atom. The van der Waals surface area contributed by atoms with Crippen LogP contribution in [0.3, 0.4) is 0 Å². The lowest BCUT2D eigenvalue weighted by molar-refractivity contribution is 0.0951. The van der Waals surface area contributed by atoms with Crippen LogP contribution in [0.2, 0.25) is 0 Å². The molecular formula is C18H20N6O2. The fourth-order valence-electron chi connectivity index (χ4n) is 2.44. The fourth-order valence-corrected chi connectivity index (χ4v) is 2.44. The number of carbonyl (C=O) groups is 2. The van der Waals surface area contributed by atoms with Gasteiger partial charge in [0.25, 0.3) is 11.8 Å². The average Bonchev–Trinajstić information content (AvgIpc) is 3.35. The third-order valence-electron chi connectivity index (χ3n) is 3.82. The van der Waals surface area contributed by atoms with Crippen LogP contribution in [0, 0.1) is 0 Å². The summed E-state index contributed by atoms with van der Waals surface area (Å²) in [5, 5.41) is 5.67. The maximum absolute atomic E-state index is 12.2. The molecule has 8 nitrogen and oxygen atoms in total. The molecule has 0 radical (unpaired) electrons. The molecule has 0 saturated carbocycles. The van der Waals surface area contributed by atoms with Crippen molar-refractivity contribution in [2.75, 3.05) is 13.1 Å². The predicted octanol–water partition coefficient (Wildman–Crippen LogP) is 0.940. The van der Waals surface area contributed by atoms with Crippen LogP contribution in [-0.4, -0.2) is 44.0 Å². The SMILES string of the molecule is O=C(NCCn1ccnc1)c1cccc(C(=O)NCCn2ccnc2)c1. The lowest BCUT2D eigenvalue weighted by Gasteiger charge is -2.08. The van der Waals surface area contributed by atoms with Crippen molar-refractivity contribution in [2.24, 2.45) is 0 Å². The molecule has 0 unspecified atom stereocenters. The minimum atomic E-state index is -0.210. The minimum Gasteiger partial charge on any atom is -0.350 e. The summed E-state index contributed by atoms with van der Waals surface area (Å²) in [7, 11) is 0. The molecule has 2 aromatic heterocycles. The van der Waals surface area contributed by atoms with Gasteiger partial charge < -0.3 is 19.8 Å². The Morgan fingerprint density at radius 2 is 1.35 bits per heavy atom. The summed E-state index contributed by atoms with van der Waals surface area (Å²) in [4.78, 5) is 32.4. The van der Waals surface area contributed by atoms with Crippen molar-refractivity contribution in [3.05, 3.63) is 72.8 Å². The van der Waals surface area contributed by atoms with E-state index in [1.165, 1.54) is 0 Å². The van der Waals surface area contributed by atoms with Crippen molar-refractivity contribution in [2.45, 2.75) is 13.1 Å². The third kappa shape index (κ3) is 4.79. The van der Waals surface area contributed by atoms with Crippen LogP contribution in [-0.2, 0) is 13.1 Å². The summed E-state index contributed by atoms with van der Waals surface area (Å²) in [5.41, 5.74) is 0.913. The lowest BCUT2D eigenvalue weighted by atomic mass is 10.1. The highest BCUT2D eigenvalue weighted by molar-refractivity contribution is 5.99. The second-order valence-electron chi connectivity index (χ2n) is 5.69. The van der Waals surface area contributed by atoms with E-state index in [9.17, 15) is 9.59 Å². The summed E-state index contributed by atoms with van der Waals surface area (Å²) < 4.78 is 3.76. The maximum atomic E-state index is 12.2. The second-order valence-corrected chi connectivity index (χ2v) is 5.69. The van der Waals surface area contributed by atoms with Crippen LogP contribution in [0.4, 0.5) is 0 Å². The molecule has 0 saturated heterocycles. The number of rotatable bonds is 8. The average molecular weight is 352 g/mol. The molecule has 0 bridgehead atoms. The van der Waals surface area contributed by atoms with Gasteiger partial charge in [0.15, 0.2) is 0 Å². The van der Waals surface area contributed by atoms with Gasteiger partial charge in [0, 0.05) is 62.1 Å². The number of carbonyl (C=O) groups excluding carboxylic acids is 2. The number of hydrogen-bond donors (Lipinski definition) is 2. The van der Waals surface area contributed by atoms with E-state index in [2.05, 4.69) is 20.6 Å². The van der Waals surface area contributed by atoms with Gasteiger partial charge in [-0.2, -0.15) is 0 Å². The molecule has 134 valence electrons. The van der Waals surface area contributed by atoms with Gasteiger partial charge in [0.2, 0.25) is 0 Å². The molecule has 0 aliphatic rings. The van der Waals surface area contributed by atoms with Crippen molar-refractivity contribution < 1.29 is 9.59 Å². The topological polar surface area (TPSA) is 93.8 Å². The van der Waals surface area contributed by atoms with Crippen LogP contribution >= 0.6 is 0 Å². The van der Waals surface area contributed by atoms with E-state index < -0.39 is 0 Å². The van der Waals surface area contributed by atoms with Gasteiger partial charge >= 0.3 is 0 Å². The quantitative estimate of drug-likeness (QED) is 0.631. The molecule has 2 heterocycles. The molecule has 26 heavy (non-hydrogen) atoms. The lowest BCUT2D eigenvalue weighted by Crippen LogP contribution is -2.29. The Labute approximate surface area is 150 Å². The van der Waals surface area contributed by atoms with Crippen LogP contribution < -0.4 is 10.6 Å². The number of benzene rings is 1. The number of hydrogen-bond acceptors (Lipinski definition) is 4. The molecule has 3 rings (SSSR count). The number of nitrogens with one attached hydrogen (secondary N) is 2. The zero-order valence-electron chi connectivity index (χ0n) is 14.2. The van der Waals surface area contributed by atoms with Crippen LogP contribution in [0.15, 0.2) is 61.7 Å². The number of aromatic nitrogens is 4. The summed E-state index contributed by atoms with van der Waals surface area (Å²) in [5.74, 6) is -0.420. The number of imidazole rings is 2. The molecule has 0 fully saturated rings. The summed E-state index contributed by atoms with van der Waals surface area (Å²) in [6, 6.07) is 6.68. The number of amides is 2. The van der Waals surface area contributed by atoms with E-state index in [0.717, 1.165) is 0 Å². The molecule has 0 aliphatic heterocycles. The number of nitrogens with zero attached hydrogens (tertiary/aromatic N) is 4. The summed E-state index contributed by atoms with van der Waals surface area (Å²) in [6.07, 6.45) is 10.4. The molecule has 2 N–H and O–H groups in total. The highest BCUT2D eigenvalue weighted by Crippen LogP contribution is 2.05. The smallest absolute Gasteiger partial charge is 0.251 e. The van der Waals surface area contributed by atoms with E-state index in [0.29, 0.717) is 37.3 Å². The first kappa shape index (κ1) is 17.4. The van der Waals surface area contributed by atoms with Crippen molar-refractivity contribution in [3.8, 4) is 0 Å².